The van der Waals surface area contributed by atoms with Gasteiger partial charge in [0.2, 0.25) is 0 Å². The smallest absolute Gasteiger partial charge is 0.269 e. The van der Waals surface area contributed by atoms with Gasteiger partial charge in [-0.25, -0.2) is 0 Å². The summed E-state index contributed by atoms with van der Waals surface area (Å²) >= 11 is 0. The molecule has 1 N–H and O–H groups in total. The fraction of sp³-hybridized carbons (Fsp3) is 0.100. The quantitative estimate of drug-likeness (QED) is 0.574. The minimum atomic E-state index is -0.754. The van der Waals surface area contributed by atoms with E-state index in [4.69, 9.17) is 0 Å². The van der Waals surface area contributed by atoms with Gasteiger partial charge in [0.1, 0.15) is 0 Å². The number of aliphatic hydroxyl groups is 1. The van der Waals surface area contributed by atoms with E-state index in [9.17, 15) is 15.2 Å². The number of rotatable bonds is 3. The molecule has 0 aliphatic heterocycles. The topological polar surface area (TPSA) is 63.4 Å². The van der Waals surface area contributed by atoms with Crippen LogP contribution in [0.3, 0.4) is 0 Å². The Morgan fingerprint density at radius 3 is 1.83 bits per heavy atom. The normalized spacial score (nSPS) is 14.0. The summed E-state index contributed by atoms with van der Waals surface area (Å²) in [6.45, 7) is 0. The molecule has 0 spiro atoms. The van der Waals surface area contributed by atoms with E-state index in [1.165, 1.54) is 12.1 Å². The summed E-state index contributed by atoms with van der Waals surface area (Å²) in [4.78, 5) is 10.4. The maximum Gasteiger partial charge on any atom is 0.269 e. The van der Waals surface area contributed by atoms with Gasteiger partial charge < -0.3 is 5.11 Å². The summed E-state index contributed by atoms with van der Waals surface area (Å²) in [6.07, 6.45) is -0.754. The molecular weight excluding hydrogens is 302 g/mol. The molecule has 3 aromatic carbocycles. The third-order valence-corrected chi connectivity index (χ3v) is 4.64. The minimum absolute atomic E-state index is 0.0261. The average Bonchev–Trinajstić information content (AvgIpc) is 2.96. The largest absolute Gasteiger partial charge is 0.387 e. The van der Waals surface area contributed by atoms with E-state index in [0.717, 1.165) is 22.3 Å². The van der Waals surface area contributed by atoms with E-state index in [1.807, 2.05) is 36.4 Å². The summed E-state index contributed by atoms with van der Waals surface area (Å²) in [5, 5.41) is 21.8. The Kier molecular flexibility index (Phi) is 3.40. The number of non-ortho nitro benzene ring substituents is 1. The highest BCUT2D eigenvalue weighted by Gasteiger charge is 2.34. The maximum atomic E-state index is 11.0. The number of nitro groups is 1. The van der Waals surface area contributed by atoms with Crippen LogP contribution in [0.4, 0.5) is 5.69 Å². The van der Waals surface area contributed by atoms with Gasteiger partial charge in [0.05, 0.1) is 11.0 Å². The van der Waals surface area contributed by atoms with Gasteiger partial charge in [-0.15, -0.1) is 0 Å². The van der Waals surface area contributed by atoms with Gasteiger partial charge in [-0.05, 0) is 39.9 Å². The van der Waals surface area contributed by atoms with Gasteiger partial charge >= 0.3 is 0 Å². The lowest BCUT2D eigenvalue weighted by Crippen LogP contribution is -2.10. The van der Waals surface area contributed by atoms with Gasteiger partial charge in [-0.1, -0.05) is 48.5 Å². The Labute approximate surface area is 139 Å². The van der Waals surface area contributed by atoms with Crippen molar-refractivity contribution in [2.75, 3.05) is 0 Å². The lowest BCUT2D eigenvalue weighted by Gasteiger charge is -2.21. The molecule has 4 rings (SSSR count). The number of hydrogen-bond donors (Lipinski definition) is 1. The van der Waals surface area contributed by atoms with Gasteiger partial charge in [0, 0.05) is 18.1 Å². The van der Waals surface area contributed by atoms with Crippen molar-refractivity contribution in [1.82, 2.24) is 0 Å². The lowest BCUT2D eigenvalue weighted by atomic mass is 9.87. The first-order valence-corrected chi connectivity index (χ1v) is 7.77. The molecule has 0 radical (unpaired) electrons. The predicted octanol–water partition coefficient (Wildman–Crippen LogP) is 4.44. The molecule has 1 unspecified atom stereocenters. The van der Waals surface area contributed by atoms with Crippen LogP contribution in [-0.4, -0.2) is 10.0 Å². The molecule has 24 heavy (non-hydrogen) atoms. The highest BCUT2D eigenvalue weighted by Crippen LogP contribution is 2.49. The van der Waals surface area contributed by atoms with Crippen LogP contribution in [-0.2, 0) is 0 Å². The van der Waals surface area contributed by atoms with Crippen LogP contribution in [0.2, 0.25) is 0 Å². The molecule has 0 amide bonds. The Morgan fingerprint density at radius 1 is 0.833 bits per heavy atom. The Hall–Kier alpha value is -2.98. The van der Waals surface area contributed by atoms with Crippen molar-refractivity contribution in [3.8, 4) is 11.1 Å². The summed E-state index contributed by atoms with van der Waals surface area (Å²) in [5.41, 5.74) is 5.16. The van der Waals surface area contributed by atoms with Crippen LogP contribution in [0, 0.1) is 10.1 Å². The van der Waals surface area contributed by atoms with Crippen molar-refractivity contribution < 1.29 is 10.0 Å². The van der Waals surface area contributed by atoms with Gasteiger partial charge in [-0.3, -0.25) is 10.1 Å². The Balaban J connectivity index is 1.79. The molecule has 3 aromatic rings. The van der Waals surface area contributed by atoms with E-state index in [0.29, 0.717) is 5.56 Å². The van der Waals surface area contributed by atoms with Crippen LogP contribution in [0.1, 0.15) is 28.7 Å². The zero-order chi connectivity index (χ0) is 16.7. The molecule has 0 aromatic heterocycles. The summed E-state index contributed by atoms with van der Waals surface area (Å²) in [5.74, 6) is -0.168. The van der Waals surface area contributed by atoms with Crippen molar-refractivity contribution in [1.29, 1.82) is 0 Å². The fourth-order valence-electron chi connectivity index (χ4n) is 3.52. The van der Waals surface area contributed by atoms with Crippen LogP contribution < -0.4 is 0 Å². The second kappa shape index (κ2) is 5.58. The third kappa shape index (κ3) is 2.20. The zero-order valence-electron chi connectivity index (χ0n) is 12.8. The van der Waals surface area contributed by atoms with Gasteiger partial charge in [0.15, 0.2) is 0 Å². The number of nitrogens with zero attached hydrogens (tertiary/aromatic N) is 1. The number of aliphatic hydroxyl groups excluding tert-OH is 1. The van der Waals surface area contributed by atoms with Gasteiger partial charge in [0.25, 0.3) is 5.69 Å². The molecular formula is C20H15NO3. The van der Waals surface area contributed by atoms with Crippen LogP contribution in [0.15, 0.2) is 72.8 Å². The highest BCUT2D eigenvalue weighted by molar-refractivity contribution is 5.79. The molecule has 0 saturated heterocycles. The van der Waals surface area contributed by atoms with E-state index in [2.05, 4.69) is 12.1 Å². The highest BCUT2D eigenvalue weighted by atomic mass is 16.6. The molecule has 4 heteroatoms. The van der Waals surface area contributed by atoms with Crippen molar-refractivity contribution >= 4 is 5.69 Å². The van der Waals surface area contributed by atoms with Crippen molar-refractivity contribution in [2.24, 2.45) is 0 Å². The van der Waals surface area contributed by atoms with Crippen molar-refractivity contribution in [3.05, 3.63) is 99.6 Å². The Bertz CT molecular complexity index is 873. The van der Waals surface area contributed by atoms with Crippen LogP contribution >= 0.6 is 0 Å². The SMILES string of the molecule is O=[N+]([O-])c1ccc(C(O)C2c3ccccc3-c3ccccc32)cc1. The molecule has 1 aliphatic rings. The van der Waals surface area contributed by atoms with Crippen molar-refractivity contribution in [2.45, 2.75) is 12.0 Å². The zero-order valence-corrected chi connectivity index (χ0v) is 12.8. The second-order valence-electron chi connectivity index (χ2n) is 5.95. The number of nitro benzene ring substituents is 1. The monoisotopic (exact) mass is 317 g/mol. The molecule has 0 bridgehead atoms. The first-order chi connectivity index (χ1) is 11.7. The predicted molar refractivity (Wildman–Crippen MR) is 91.8 cm³/mol. The van der Waals surface area contributed by atoms with Crippen LogP contribution in [0.5, 0.6) is 0 Å². The van der Waals surface area contributed by atoms with Gasteiger partial charge in [-0.2, -0.15) is 0 Å². The molecule has 1 atom stereocenters. The fourth-order valence-corrected chi connectivity index (χ4v) is 3.52. The molecule has 118 valence electrons. The molecule has 0 saturated carbocycles. The molecule has 0 fully saturated rings. The average molecular weight is 317 g/mol. The number of hydrogen-bond acceptors (Lipinski definition) is 3. The molecule has 1 aliphatic carbocycles. The Morgan fingerprint density at radius 2 is 1.33 bits per heavy atom. The minimum Gasteiger partial charge on any atom is -0.387 e. The van der Waals surface area contributed by atoms with Crippen LogP contribution in [0.25, 0.3) is 11.1 Å². The summed E-state index contributed by atoms with van der Waals surface area (Å²) in [7, 11) is 0. The maximum absolute atomic E-state index is 11.0. The van der Waals surface area contributed by atoms with E-state index < -0.39 is 11.0 Å². The number of fused-ring (bicyclic) bond motifs is 3. The van der Waals surface area contributed by atoms with E-state index >= 15 is 0 Å². The lowest BCUT2D eigenvalue weighted by molar-refractivity contribution is -0.384. The second-order valence-corrected chi connectivity index (χ2v) is 5.95. The standard InChI is InChI=1S/C20H15NO3/c22-20(13-9-11-14(12-10-13)21(23)24)19-17-7-3-1-5-15(17)16-6-2-4-8-18(16)19/h1-12,19-20,22H. The molecule has 0 heterocycles. The summed E-state index contributed by atoms with van der Waals surface area (Å²) in [6, 6.07) is 22.3. The third-order valence-electron chi connectivity index (χ3n) is 4.64. The molecule has 4 nitrogen and oxygen atoms in total. The van der Waals surface area contributed by atoms with E-state index in [-0.39, 0.29) is 11.6 Å². The van der Waals surface area contributed by atoms with E-state index in [1.54, 1.807) is 12.1 Å². The first-order valence-electron chi connectivity index (χ1n) is 7.77. The summed E-state index contributed by atoms with van der Waals surface area (Å²) < 4.78 is 0. The van der Waals surface area contributed by atoms with Crippen molar-refractivity contribution in [3.63, 3.8) is 0 Å². The number of benzene rings is 3. The first kappa shape index (κ1) is 14.6.